The number of carboxylic acid groups (broad SMARTS) is 2. The summed E-state index contributed by atoms with van der Waals surface area (Å²) in [4.78, 5) is 30.3. The van der Waals surface area contributed by atoms with E-state index in [-0.39, 0.29) is 0 Å². The van der Waals surface area contributed by atoms with Gasteiger partial charge in [0.2, 0.25) is 5.91 Å². The molecule has 0 bridgehead atoms. The quantitative estimate of drug-likeness (QED) is 0.464. The van der Waals surface area contributed by atoms with Crippen molar-refractivity contribution < 1.29 is 24.6 Å². The largest absolute Gasteiger partial charge is 0.480 e. The summed E-state index contributed by atoms with van der Waals surface area (Å²) in [5.74, 6) is -3.20. The molecular formula is C6H7NO5. The van der Waals surface area contributed by atoms with E-state index in [0.29, 0.717) is 6.08 Å². The maximum atomic E-state index is 10.5. The van der Waals surface area contributed by atoms with E-state index in [9.17, 15) is 14.4 Å². The van der Waals surface area contributed by atoms with Crippen molar-refractivity contribution in [2.75, 3.05) is 6.54 Å². The summed E-state index contributed by atoms with van der Waals surface area (Å²) in [5, 5.41) is 18.1. The molecule has 1 amide bonds. The summed E-state index contributed by atoms with van der Waals surface area (Å²) in [6.07, 6.45) is 1.36. The molecule has 0 aromatic carbocycles. The van der Waals surface area contributed by atoms with Gasteiger partial charge in [0.05, 0.1) is 0 Å². The van der Waals surface area contributed by atoms with E-state index in [1.165, 1.54) is 0 Å². The Kier molecular flexibility index (Phi) is 4.13. The molecule has 66 valence electrons. The lowest BCUT2D eigenvalue weighted by Gasteiger charge is -1.94. The molecule has 0 aromatic heterocycles. The number of hydrogen-bond donors (Lipinski definition) is 3. The van der Waals surface area contributed by atoms with Crippen LogP contribution in [0, 0.1) is 0 Å². The Bertz CT molecular complexity index is 232. The van der Waals surface area contributed by atoms with Crippen LogP contribution in [0.1, 0.15) is 0 Å². The van der Waals surface area contributed by atoms with Gasteiger partial charge in [-0.05, 0) is 0 Å². The number of carboxylic acids is 2. The van der Waals surface area contributed by atoms with Crippen molar-refractivity contribution in [3.05, 3.63) is 12.2 Å². The van der Waals surface area contributed by atoms with E-state index in [1.807, 2.05) is 5.32 Å². The molecule has 0 rings (SSSR count). The van der Waals surface area contributed by atoms with Crippen molar-refractivity contribution in [3.8, 4) is 0 Å². The second kappa shape index (κ2) is 4.89. The van der Waals surface area contributed by atoms with Crippen molar-refractivity contribution >= 4 is 17.8 Å². The first-order valence-electron chi connectivity index (χ1n) is 2.93. The summed E-state index contributed by atoms with van der Waals surface area (Å²) in [6.45, 7) is -0.525. The SMILES string of the molecule is O=C(O)/C=C/C(=O)NCC(=O)O. The molecule has 0 atom stereocenters. The highest BCUT2D eigenvalue weighted by atomic mass is 16.4. The lowest BCUT2D eigenvalue weighted by Crippen LogP contribution is -2.27. The Morgan fingerprint density at radius 1 is 1.17 bits per heavy atom. The van der Waals surface area contributed by atoms with Crippen LogP contribution >= 0.6 is 0 Å². The molecule has 0 unspecified atom stereocenters. The first-order valence-corrected chi connectivity index (χ1v) is 2.93. The summed E-state index contributed by atoms with van der Waals surface area (Å²) >= 11 is 0. The van der Waals surface area contributed by atoms with Gasteiger partial charge in [-0.25, -0.2) is 4.79 Å². The predicted octanol–water partition coefficient (Wildman–Crippen LogP) is -1.17. The monoisotopic (exact) mass is 173 g/mol. The summed E-state index contributed by atoms with van der Waals surface area (Å²) in [7, 11) is 0. The third kappa shape index (κ3) is 6.27. The van der Waals surface area contributed by atoms with Crippen LogP contribution < -0.4 is 5.32 Å². The van der Waals surface area contributed by atoms with Gasteiger partial charge in [0.25, 0.3) is 0 Å². The molecule has 0 aliphatic carbocycles. The Labute approximate surface area is 67.5 Å². The maximum absolute atomic E-state index is 10.5. The minimum atomic E-state index is -1.26. The fourth-order valence-electron chi connectivity index (χ4n) is 0.369. The summed E-state index contributed by atoms with van der Waals surface area (Å²) < 4.78 is 0. The minimum absolute atomic E-state index is 0.525. The van der Waals surface area contributed by atoms with Gasteiger partial charge in [0, 0.05) is 12.2 Å². The number of rotatable bonds is 4. The van der Waals surface area contributed by atoms with Gasteiger partial charge < -0.3 is 15.5 Å². The molecule has 0 radical (unpaired) electrons. The van der Waals surface area contributed by atoms with Gasteiger partial charge in [0.1, 0.15) is 6.54 Å². The van der Waals surface area contributed by atoms with Crippen LogP contribution in [0.2, 0.25) is 0 Å². The Hall–Kier alpha value is -1.85. The third-order valence-electron chi connectivity index (χ3n) is 0.791. The van der Waals surface area contributed by atoms with E-state index in [4.69, 9.17) is 10.2 Å². The van der Waals surface area contributed by atoms with Gasteiger partial charge in [-0.15, -0.1) is 0 Å². The van der Waals surface area contributed by atoms with Gasteiger partial charge in [-0.1, -0.05) is 0 Å². The van der Waals surface area contributed by atoms with Crippen LogP contribution in [0.3, 0.4) is 0 Å². The third-order valence-corrected chi connectivity index (χ3v) is 0.791. The minimum Gasteiger partial charge on any atom is -0.480 e. The van der Waals surface area contributed by atoms with Crippen LogP contribution in [0.5, 0.6) is 0 Å². The van der Waals surface area contributed by atoms with Crippen LogP contribution in [0.4, 0.5) is 0 Å². The predicted molar refractivity (Wildman–Crippen MR) is 37.4 cm³/mol. The van der Waals surface area contributed by atoms with E-state index in [2.05, 4.69) is 0 Å². The molecule has 0 aliphatic rings. The second-order valence-corrected chi connectivity index (χ2v) is 1.78. The number of carbonyl (C=O) groups is 3. The second-order valence-electron chi connectivity index (χ2n) is 1.78. The van der Waals surface area contributed by atoms with E-state index in [0.717, 1.165) is 6.08 Å². The summed E-state index contributed by atoms with van der Waals surface area (Å²) in [5.41, 5.74) is 0. The Morgan fingerprint density at radius 2 is 1.75 bits per heavy atom. The van der Waals surface area contributed by atoms with Gasteiger partial charge >= 0.3 is 11.9 Å². The zero-order chi connectivity index (χ0) is 9.56. The zero-order valence-electron chi connectivity index (χ0n) is 5.98. The molecule has 3 N–H and O–H groups in total. The summed E-state index contributed by atoms with van der Waals surface area (Å²) in [6, 6.07) is 0. The van der Waals surface area contributed by atoms with Gasteiger partial charge in [0.15, 0.2) is 0 Å². The first-order chi connectivity index (χ1) is 5.52. The highest BCUT2D eigenvalue weighted by molar-refractivity contribution is 5.95. The Morgan fingerprint density at radius 3 is 2.17 bits per heavy atom. The molecule has 0 spiro atoms. The molecule has 0 aromatic rings. The van der Waals surface area contributed by atoms with Crippen LogP contribution in [0.15, 0.2) is 12.2 Å². The highest BCUT2D eigenvalue weighted by Gasteiger charge is 1.99. The standard InChI is InChI=1S/C6H7NO5/c8-4(1-2-5(9)10)7-3-6(11)12/h1-2H,3H2,(H,7,8)(H,9,10)(H,11,12)/b2-1+. The number of hydrogen-bond acceptors (Lipinski definition) is 3. The normalized spacial score (nSPS) is 9.67. The smallest absolute Gasteiger partial charge is 0.328 e. The van der Waals surface area contributed by atoms with E-state index < -0.39 is 24.4 Å². The van der Waals surface area contributed by atoms with Gasteiger partial charge in [-0.2, -0.15) is 0 Å². The fourth-order valence-corrected chi connectivity index (χ4v) is 0.369. The first kappa shape index (κ1) is 10.2. The lowest BCUT2D eigenvalue weighted by atomic mass is 10.4. The topological polar surface area (TPSA) is 104 Å². The maximum Gasteiger partial charge on any atom is 0.328 e. The fraction of sp³-hybridized carbons (Fsp3) is 0.167. The molecule has 0 aliphatic heterocycles. The average molecular weight is 173 g/mol. The van der Waals surface area contributed by atoms with Crippen molar-refractivity contribution in [2.24, 2.45) is 0 Å². The van der Waals surface area contributed by atoms with E-state index in [1.54, 1.807) is 0 Å². The number of nitrogens with one attached hydrogen (secondary N) is 1. The average Bonchev–Trinajstić information content (AvgIpc) is 1.96. The van der Waals surface area contributed by atoms with Crippen molar-refractivity contribution in [1.29, 1.82) is 0 Å². The number of carbonyl (C=O) groups excluding carboxylic acids is 1. The van der Waals surface area contributed by atoms with Crippen molar-refractivity contribution in [2.45, 2.75) is 0 Å². The lowest BCUT2D eigenvalue weighted by molar-refractivity contribution is -0.137. The molecule has 0 saturated carbocycles. The molecule has 12 heavy (non-hydrogen) atoms. The molecule has 6 heteroatoms. The molecule has 0 fully saturated rings. The zero-order valence-corrected chi connectivity index (χ0v) is 5.98. The molecule has 0 saturated heterocycles. The molecule has 6 nitrogen and oxygen atoms in total. The molecule has 0 heterocycles. The van der Waals surface area contributed by atoms with Crippen molar-refractivity contribution in [3.63, 3.8) is 0 Å². The highest BCUT2D eigenvalue weighted by Crippen LogP contribution is 1.73. The van der Waals surface area contributed by atoms with Crippen molar-refractivity contribution in [1.82, 2.24) is 5.32 Å². The van der Waals surface area contributed by atoms with Crippen LogP contribution in [-0.4, -0.2) is 34.6 Å². The molecular weight excluding hydrogens is 166 g/mol. The van der Waals surface area contributed by atoms with Crippen LogP contribution in [0.25, 0.3) is 0 Å². The van der Waals surface area contributed by atoms with E-state index >= 15 is 0 Å². The number of amides is 1. The Balaban J connectivity index is 3.75. The van der Waals surface area contributed by atoms with Crippen LogP contribution in [-0.2, 0) is 14.4 Å². The number of aliphatic carboxylic acids is 2. The van der Waals surface area contributed by atoms with Gasteiger partial charge in [-0.3, -0.25) is 9.59 Å².